The van der Waals surface area contributed by atoms with E-state index in [-0.39, 0.29) is 11.5 Å². The van der Waals surface area contributed by atoms with E-state index < -0.39 is 0 Å². The maximum atomic E-state index is 9.33. The van der Waals surface area contributed by atoms with Crippen molar-refractivity contribution < 1.29 is 10.2 Å². The number of benzene rings is 1. The second-order valence-electron chi connectivity index (χ2n) is 4.42. The molecule has 0 heterocycles. The first-order valence-corrected chi connectivity index (χ1v) is 5.96. The highest BCUT2D eigenvalue weighted by molar-refractivity contribution is 5.40. The van der Waals surface area contributed by atoms with Crippen LogP contribution < -0.4 is 5.32 Å². The summed E-state index contributed by atoms with van der Waals surface area (Å²) in [6.07, 6.45) is 4.10. The zero-order valence-electron chi connectivity index (χ0n) is 10.3. The van der Waals surface area contributed by atoms with Crippen LogP contribution in [0.2, 0.25) is 0 Å². The van der Waals surface area contributed by atoms with Crippen LogP contribution in [-0.4, -0.2) is 16.8 Å². The number of hydrogen-bond acceptors (Lipinski definition) is 3. The van der Waals surface area contributed by atoms with Gasteiger partial charge in [-0.3, -0.25) is 0 Å². The summed E-state index contributed by atoms with van der Waals surface area (Å²) in [7, 11) is 0. The number of rotatable bonds is 7. The van der Waals surface area contributed by atoms with Crippen LogP contribution in [0.25, 0.3) is 0 Å². The molecule has 0 aliphatic carbocycles. The van der Waals surface area contributed by atoms with Gasteiger partial charge in [0.15, 0.2) is 11.5 Å². The van der Waals surface area contributed by atoms with Gasteiger partial charge in [-0.15, -0.1) is 6.58 Å². The highest BCUT2D eigenvalue weighted by Gasteiger charge is 2.01. The van der Waals surface area contributed by atoms with E-state index in [1.165, 1.54) is 6.07 Å². The Morgan fingerprint density at radius 3 is 2.76 bits per heavy atom. The molecule has 0 saturated carbocycles. The van der Waals surface area contributed by atoms with Crippen LogP contribution in [0, 0.1) is 5.92 Å². The fourth-order valence-electron chi connectivity index (χ4n) is 1.66. The molecule has 3 nitrogen and oxygen atoms in total. The molecule has 0 aliphatic rings. The van der Waals surface area contributed by atoms with Gasteiger partial charge in [-0.2, -0.15) is 0 Å². The number of aromatic hydroxyl groups is 2. The molecule has 0 aliphatic heterocycles. The van der Waals surface area contributed by atoms with E-state index in [1.54, 1.807) is 12.1 Å². The Hall–Kier alpha value is -1.48. The Labute approximate surface area is 103 Å². The number of nitrogens with one attached hydrogen (secondary N) is 1. The highest BCUT2D eigenvalue weighted by Crippen LogP contribution is 2.24. The Morgan fingerprint density at radius 2 is 2.12 bits per heavy atom. The minimum atomic E-state index is -0.0756. The lowest BCUT2D eigenvalue weighted by Gasteiger charge is -2.10. The van der Waals surface area contributed by atoms with E-state index >= 15 is 0 Å². The molecule has 0 aromatic heterocycles. The summed E-state index contributed by atoms with van der Waals surface area (Å²) in [5, 5.41) is 21.8. The lowest BCUT2D eigenvalue weighted by Crippen LogP contribution is -2.16. The van der Waals surface area contributed by atoms with Crippen LogP contribution in [0.15, 0.2) is 30.9 Å². The second-order valence-corrected chi connectivity index (χ2v) is 4.42. The predicted molar refractivity (Wildman–Crippen MR) is 70.1 cm³/mol. The van der Waals surface area contributed by atoms with Gasteiger partial charge in [0.05, 0.1) is 0 Å². The highest BCUT2D eigenvalue weighted by atomic mass is 16.3. The van der Waals surface area contributed by atoms with Gasteiger partial charge in [0.2, 0.25) is 0 Å². The Kier molecular flexibility index (Phi) is 5.57. The summed E-state index contributed by atoms with van der Waals surface area (Å²) >= 11 is 0. The predicted octanol–water partition coefficient (Wildman–Crippen LogP) is 2.79. The number of hydrogen-bond donors (Lipinski definition) is 3. The van der Waals surface area contributed by atoms with Crippen LogP contribution in [0.4, 0.5) is 0 Å². The van der Waals surface area contributed by atoms with Crippen molar-refractivity contribution in [3.05, 3.63) is 36.4 Å². The van der Waals surface area contributed by atoms with Gasteiger partial charge in [-0.05, 0) is 43.0 Å². The minimum Gasteiger partial charge on any atom is -0.504 e. The van der Waals surface area contributed by atoms with Crippen molar-refractivity contribution in [2.24, 2.45) is 5.92 Å². The van der Waals surface area contributed by atoms with Crippen LogP contribution in [0.1, 0.15) is 25.3 Å². The first-order chi connectivity index (χ1) is 8.13. The molecule has 0 amide bonds. The molecular formula is C14H21NO2. The zero-order valence-corrected chi connectivity index (χ0v) is 10.3. The van der Waals surface area contributed by atoms with Crippen molar-refractivity contribution >= 4 is 0 Å². The summed E-state index contributed by atoms with van der Waals surface area (Å²) in [6.45, 7) is 7.57. The topological polar surface area (TPSA) is 52.5 Å². The third-order valence-corrected chi connectivity index (χ3v) is 2.75. The van der Waals surface area contributed by atoms with Gasteiger partial charge in [0.25, 0.3) is 0 Å². The van der Waals surface area contributed by atoms with E-state index in [0.29, 0.717) is 12.5 Å². The van der Waals surface area contributed by atoms with Crippen LogP contribution in [0.3, 0.4) is 0 Å². The number of allylic oxidation sites excluding steroid dienone is 1. The zero-order chi connectivity index (χ0) is 12.7. The first-order valence-electron chi connectivity index (χ1n) is 5.96. The summed E-state index contributed by atoms with van der Waals surface area (Å²) in [6, 6.07) is 4.89. The normalized spacial score (nSPS) is 12.3. The van der Waals surface area contributed by atoms with Gasteiger partial charge >= 0.3 is 0 Å². The average molecular weight is 235 g/mol. The monoisotopic (exact) mass is 235 g/mol. The third-order valence-electron chi connectivity index (χ3n) is 2.75. The van der Waals surface area contributed by atoms with E-state index in [1.807, 2.05) is 6.08 Å². The third kappa shape index (κ3) is 4.91. The fourth-order valence-corrected chi connectivity index (χ4v) is 1.66. The summed E-state index contributed by atoms with van der Waals surface area (Å²) in [5.41, 5.74) is 0.969. The van der Waals surface area contributed by atoms with Gasteiger partial charge < -0.3 is 15.5 Å². The molecule has 0 fully saturated rings. The molecule has 94 valence electrons. The molecule has 1 aromatic rings. The van der Waals surface area contributed by atoms with Crippen molar-refractivity contribution in [3.8, 4) is 11.5 Å². The number of phenols is 2. The van der Waals surface area contributed by atoms with Crippen molar-refractivity contribution in [1.29, 1.82) is 0 Å². The molecule has 1 unspecified atom stereocenters. The lowest BCUT2D eigenvalue weighted by molar-refractivity contribution is 0.403. The first kappa shape index (κ1) is 13.6. The Balaban J connectivity index is 2.26. The molecule has 0 saturated heterocycles. The molecule has 0 bridgehead atoms. The molecule has 1 atom stereocenters. The summed E-state index contributed by atoms with van der Waals surface area (Å²) in [4.78, 5) is 0. The van der Waals surface area contributed by atoms with Gasteiger partial charge in [-0.25, -0.2) is 0 Å². The molecular weight excluding hydrogens is 214 g/mol. The van der Waals surface area contributed by atoms with Crippen molar-refractivity contribution in [1.82, 2.24) is 5.32 Å². The molecule has 3 N–H and O–H groups in total. The minimum absolute atomic E-state index is 0.0654. The maximum Gasteiger partial charge on any atom is 0.157 e. The largest absolute Gasteiger partial charge is 0.504 e. The van der Waals surface area contributed by atoms with Gasteiger partial charge in [0.1, 0.15) is 0 Å². The quantitative estimate of drug-likeness (QED) is 0.387. The summed E-state index contributed by atoms with van der Waals surface area (Å²) < 4.78 is 0. The van der Waals surface area contributed by atoms with Gasteiger partial charge in [0, 0.05) is 6.54 Å². The average Bonchev–Trinajstić information content (AvgIpc) is 2.29. The van der Waals surface area contributed by atoms with Crippen molar-refractivity contribution in [2.75, 3.05) is 6.54 Å². The van der Waals surface area contributed by atoms with E-state index in [4.69, 9.17) is 5.11 Å². The molecule has 17 heavy (non-hydrogen) atoms. The van der Waals surface area contributed by atoms with Crippen LogP contribution >= 0.6 is 0 Å². The molecule has 0 spiro atoms. The van der Waals surface area contributed by atoms with Crippen molar-refractivity contribution in [2.45, 2.75) is 26.3 Å². The van der Waals surface area contributed by atoms with E-state index in [9.17, 15) is 5.11 Å². The molecule has 1 aromatic carbocycles. The molecule has 1 rings (SSSR count). The smallest absolute Gasteiger partial charge is 0.157 e. The Morgan fingerprint density at radius 1 is 1.35 bits per heavy atom. The fraction of sp³-hybridized carbons (Fsp3) is 0.429. The molecule has 3 heteroatoms. The van der Waals surface area contributed by atoms with Crippen LogP contribution in [0.5, 0.6) is 11.5 Å². The number of phenolic OH excluding ortho intramolecular Hbond substituents is 2. The second kappa shape index (κ2) is 6.97. The van der Waals surface area contributed by atoms with E-state index in [2.05, 4.69) is 18.8 Å². The Bertz CT molecular complexity index is 363. The lowest BCUT2D eigenvalue weighted by atomic mass is 10.0. The maximum absolute atomic E-state index is 9.33. The molecule has 0 radical (unpaired) electrons. The van der Waals surface area contributed by atoms with Crippen molar-refractivity contribution in [3.63, 3.8) is 0 Å². The van der Waals surface area contributed by atoms with Crippen LogP contribution in [-0.2, 0) is 6.54 Å². The van der Waals surface area contributed by atoms with Gasteiger partial charge in [-0.1, -0.05) is 19.1 Å². The summed E-state index contributed by atoms with van der Waals surface area (Å²) in [5.74, 6) is 0.505. The van der Waals surface area contributed by atoms with E-state index in [0.717, 1.165) is 24.9 Å². The standard InChI is InChI=1S/C14H21NO2/c1-3-4-11(2)7-8-15-10-12-5-6-13(16)14(17)9-12/h3,5-6,9,11,15-17H,1,4,7-8,10H2,2H3. The SMILES string of the molecule is C=CCC(C)CCNCc1ccc(O)c(O)c1.